The second-order valence-corrected chi connectivity index (χ2v) is 7.25. The van der Waals surface area contributed by atoms with Crippen molar-refractivity contribution >= 4 is 10.1 Å². The van der Waals surface area contributed by atoms with Crippen LogP contribution in [0.1, 0.15) is 52.9 Å². The van der Waals surface area contributed by atoms with Crippen LogP contribution in [0.5, 0.6) is 0 Å². The molecule has 4 nitrogen and oxygen atoms in total. The van der Waals surface area contributed by atoms with Crippen LogP contribution in [0.3, 0.4) is 0 Å². The zero-order valence-electron chi connectivity index (χ0n) is 10.2. The number of hydrogen-bond acceptors (Lipinski definition) is 3. The van der Waals surface area contributed by atoms with E-state index in [1.54, 1.807) is 0 Å². The Bertz CT molecular complexity index is 337. The third kappa shape index (κ3) is 2.57. The fraction of sp³-hybridized carbons (Fsp3) is 1.00. The summed E-state index contributed by atoms with van der Waals surface area (Å²) in [5.41, 5.74) is 0.167. The Labute approximate surface area is 97.8 Å². The molecule has 0 aromatic heterocycles. The molecule has 5 heteroatoms. The molecule has 16 heavy (non-hydrogen) atoms. The van der Waals surface area contributed by atoms with Crippen LogP contribution in [-0.4, -0.2) is 23.0 Å². The molecule has 0 aliphatic heterocycles. The minimum absolute atomic E-state index is 0.139. The van der Waals surface area contributed by atoms with E-state index >= 15 is 0 Å². The molecule has 1 rings (SSSR count). The van der Waals surface area contributed by atoms with Crippen LogP contribution in [0.25, 0.3) is 0 Å². The van der Waals surface area contributed by atoms with Crippen molar-refractivity contribution in [2.45, 2.75) is 57.8 Å². The van der Waals surface area contributed by atoms with E-state index in [1.165, 1.54) is 0 Å². The van der Waals surface area contributed by atoms with Gasteiger partial charge in [-0.3, -0.25) is 4.55 Å². The van der Waals surface area contributed by atoms with Gasteiger partial charge in [-0.25, -0.2) is 0 Å². The second-order valence-electron chi connectivity index (χ2n) is 5.54. The van der Waals surface area contributed by atoms with Gasteiger partial charge in [0.1, 0.15) is 0 Å². The molecule has 1 fully saturated rings. The predicted molar refractivity (Wildman–Crippen MR) is 62.5 cm³/mol. The Hall–Kier alpha value is -0.130. The summed E-state index contributed by atoms with van der Waals surface area (Å²) in [4.78, 5) is -1.91. The lowest BCUT2D eigenvalue weighted by Crippen LogP contribution is -2.43. The SMILES string of the molecule is CCC(C)(C)C1CCC(O)(S(=O)(=O)O)CC1. The lowest BCUT2D eigenvalue weighted by atomic mass is 9.69. The van der Waals surface area contributed by atoms with Crippen molar-refractivity contribution in [3.05, 3.63) is 0 Å². The maximum Gasteiger partial charge on any atom is 0.294 e. The first kappa shape index (κ1) is 13.9. The molecule has 0 aromatic carbocycles. The molecular weight excluding hydrogens is 228 g/mol. The molecule has 0 amide bonds. The van der Waals surface area contributed by atoms with E-state index in [1.807, 2.05) is 0 Å². The van der Waals surface area contributed by atoms with Crippen molar-refractivity contribution in [3.8, 4) is 0 Å². The van der Waals surface area contributed by atoms with Gasteiger partial charge >= 0.3 is 0 Å². The van der Waals surface area contributed by atoms with Gasteiger partial charge in [0.05, 0.1) is 0 Å². The molecule has 0 unspecified atom stereocenters. The van der Waals surface area contributed by atoms with Crippen LogP contribution in [0.4, 0.5) is 0 Å². The van der Waals surface area contributed by atoms with Gasteiger partial charge in [-0.1, -0.05) is 27.2 Å². The lowest BCUT2D eigenvalue weighted by molar-refractivity contribution is 0.0270. The van der Waals surface area contributed by atoms with Crippen molar-refractivity contribution in [3.63, 3.8) is 0 Å². The Kier molecular flexibility index (Phi) is 3.72. The highest BCUT2D eigenvalue weighted by Gasteiger charge is 2.46. The zero-order chi connectivity index (χ0) is 12.6. The topological polar surface area (TPSA) is 74.6 Å². The molecule has 0 atom stereocenters. The third-order valence-electron chi connectivity index (χ3n) is 4.26. The molecule has 0 heterocycles. The number of rotatable bonds is 3. The smallest absolute Gasteiger partial charge is 0.294 e. The minimum atomic E-state index is -4.35. The molecule has 1 saturated carbocycles. The lowest BCUT2D eigenvalue weighted by Gasteiger charge is -2.41. The number of hydrogen-bond donors (Lipinski definition) is 2. The van der Waals surface area contributed by atoms with Gasteiger partial charge in [0.25, 0.3) is 10.1 Å². The van der Waals surface area contributed by atoms with Gasteiger partial charge < -0.3 is 5.11 Å². The maximum absolute atomic E-state index is 11.0. The fourth-order valence-electron chi connectivity index (χ4n) is 2.40. The van der Waals surface area contributed by atoms with Crippen LogP contribution in [0, 0.1) is 11.3 Å². The van der Waals surface area contributed by atoms with Gasteiger partial charge in [0, 0.05) is 0 Å². The highest BCUT2D eigenvalue weighted by molar-refractivity contribution is 7.87. The minimum Gasteiger partial charge on any atom is -0.372 e. The summed E-state index contributed by atoms with van der Waals surface area (Å²) < 4.78 is 31.0. The first-order valence-corrected chi connectivity index (χ1v) is 7.26. The normalized spacial score (nSPS) is 32.7. The summed E-state index contributed by atoms with van der Waals surface area (Å²) in [6.07, 6.45) is 2.61. The standard InChI is InChI=1S/C11H22O4S/c1-4-10(2,3)9-5-7-11(12,8-6-9)16(13,14)15/h9,12H,4-8H2,1-3H3,(H,13,14,15). The van der Waals surface area contributed by atoms with Crippen molar-refractivity contribution in [1.29, 1.82) is 0 Å². The molecule has 0 bridgehead atoms. The molecule has 0 saturated heterocycles. The van der Waals surface area contributed by atoms with E-state index in [4.69, 9.17) is 4.55 Å². The van der Waals surface area contributed by atoms with Crippen molar-refractivity contribution < 1.29 is 18.1 Å². The van der Waals surface area contributed by atoms with Crippen molar-refractivity contribution in [2.75, 3.05) is 0 Å². The average Bonchev–Trinajstić information content (AvgIpc) is 2.17. The predicted octanol–water partition coefficient (Wildman–Crippen LogP) is 2.19. The Morgan fingerprint density at radius 2 is 1.75 bits per heavy atom. The second kappa shape index (κ2) is 4.27. The first-order valence-electron chi connectivity index (χ1n) is 5.82. The average molecular weight is 250 g/mol. The van der Waals surface area contributed by atoms with E-state index in [2.05, 4.69) is 20.8 Å². The molecule has 2 N–H and O–H groups in total. The Morgan fingerprint density at radius 3 is 2.06 bits per heavy atom. The summed E-state index contributed by atoms with van der Waals surface area (Å²) in [5, 5.41) is 9.83. The maximum atomic E-state index is 11.0. The fourth-order valence-corrected chi connectivity index (χ4v) is 3.15. The van der Waals surface area contributed by atoms with Crippen molar-refractivity contribution in [1.82, 2.24) is 0 Å². The number of aliphatic hydroxyl groups is 1. The van der Waals surface area contributed by atoms with Gasteiger partial charge in [-0.15, -0.1) is 0 Å². The van der Waals surface area contributed by atoms with Gasteiger partial charge in [-0.05, 0) is 37.0 Å². The molecule has 96 valence electrons. The summed E-state index contributed by atoms with van der Waals surface area (Å²) in [7, 11) is -4.35. The largest absolute Gasteiger partial charge is 0.372 e. The Morgan fingerprint density at radius 1 is 1.31 bits per heavy atom. The molecule has 1 aliphatic rings. The van der Waals surface area contributed by atoms with Crippen LogP contribution < -0.4 is 0 Å². The van der Waals surface area contributed by atoms with Crippen LogP contribution in [0.15, 0.2) is 0 Å². The third-order valence-corrected chi connectivity index (χ3v) is 5.63. The van der Waals surface area contributed by atoms with Crippen LogP contribution >= 0.6 is 0 Å². The summed E-state index contributed by atoms with van der Waals surface area (Å²) in [6.45, 7) is 6.44. The van der Waals surface area contributed by atoms with Crippen LogP contribution in [0.2, 0.25) is 0 Å². The van der Waals surface area contributed by atoms with E-state index in [9.17, 15) is 13.5 Å². The van der Waals surface area contributed by atoms with Gasteiger partial charge in [0.15, 0.2) is 4.93 Å². The van der Waals surface area contributed by atoms with Crippen LogP contribution in [-0.2, 0) is 10.1 Å². The molecular formula is C11H22O4S. The van der Waals surface area contributed by atoms with E-state index in [0.717, 1.165) is 6.42 Å². The molecule has 0 spiro atoms. The van der Waals surface area contributed by atoms with E-state index < -0.39 is 15.1 Å². The monoisotopic (exact) mass is 250 g/mol. The summed E-state index contributed by atoms with van der Waals surface area (Å²) in [6, 6.07) is 0. The highest BCUT2D eigenvalue weighted by Crippen LogP contribution is 2.44. The van der Waals surface area contributed by atoms with Gasteiger partial charge in [-0.2, -0.15) is 8.42 Å². The molecule has 1 aliphatic carbocycles. The van der Waals surface area contributed by atoms with E-state index in [0.29, 0.717) is 18.8 Å². The molecule has 0 radical (unpaired) electrons. The Balaban J connectivity index is 2.72. The first-order chi connectivity index (χ1) is 7.12. The zero-order valence-corrected chi connectivity index (χ0v) is 11.0. The molecule has 0 aromatic rings. The summed E-state index contributed by atoms with van der Waals surface area (Å²) in [5.74, 6) is 0.416. The van der Waals surface area contributed by atoms with Crippen molar-refractivity contribution in [2.24, 2.45) is 11.3 Å². The van der Waals surface area contributed by atoms with E-state index in [-0.39, 0.29) is 18.3 Å². The summed E-state index contributed by atoms with van der Waals surface area (Å²) >= 11 is 0. The quantitative estimate of drug-likeness (QED) is 0.753. The highest BCUT2D eigenvalue weighted by atomic mass is 32.2. The van der Waals surface area contributed by atoms with Gasteiger partial charge in [0.2, 0.25) is 0 Å².